The molecule has 0 aromatic carbocycles. The van der Waals surface area contributed by atoms with Crippen LogP contribution in [0.15, 0.2) is 24.5 Å². The van der Waals surface area contributed by atoms with Crippen molar-refractivity contribution in [3.63, 3.8) is 0 Å². The van der Waals surface area contributed by atoms with Gasteiger partial charge in [0.2, 0.25) is 5.91 Å². The Bertz CT molecular complexity index is 437. The largest absolute Gasteiger partial charge is 0.415 e. The molecule has 2 rings (SSSR count). The van der Waals surface area contributed by atoms with Crippen molar-refractivity contribution in [3.8, 4) is 5.75 Å². The van der Waals surface area contributed by atoms with Crippen molar-refractivity contribution in [2.24, 2.45) is 5.73 Å². The average Bonchev–Trinajstić information content (AvgIpc) is 2.40. The monoisotopic (exact) mass is 250 g/mol. The molecule has 1 fully saturated rings. The lowest BCUT2D eigenvalue weighted by Gasteiger charge is -2.31. The van der Waals surface area contributed by atoms with Crippen molar-refractivity contribution < 1.29 is 14.3 Å². The van der Waals surface area contributed by atoms with Gasteiger partial charge in [0.25, 0.3) is 0 Å². The van der Waals surface area contributed by atoms with Crippen LogP contribution in [0, 0.1) is 0 Å². The number of ether oxygens (including phenoxy) is 1. The van der Waals surface area contributed by atoms with Crippen molar-refractivity contribution in [2.45, 2.75) is 6.04 Å². The fourth-order valence-corrected chi connectivity index (χ4v) is 1.68. The number of nitrogens with zero attached hydrogens (tertiary/aromatic N) is 2. The Balaban J connectivity index is 1.95. The van der Waals surface area contributed by atoms with Gasteiger partial charge in [0.05, 0.1) is 6.20 Å². The van der Waals surface area contributed by atoms with Crippen molar-refractivity contribution in [2.75, 3.05) is 19.6 Å². The molecular weight excluding hydrogens is 236 g/mol. The Kier molecular flexibility index (Phi) is 3.73. The maximum absolute atomic E-state index is 11.8. The molecule has 2 amide bonds. The van der Waals surface area contributed by atoms with Crippen LogP contribution in [0.5, 0.6) is 5.75 Å². The lowest BCUT2D eigenvalue weighted by Crippen LogP contribution is -2.57. The van der Waals surface area contributed by atoms with Crippen molar-refractivity contribution in [3.05, 3.63) is 24.5 Å². The number of pyridine rings is 1. The van der Waals surface area contributed by atoms with Gasteiger partial charge in [-0.2, -0.15) is 0 Å². The highest BCUT2D eigenvalue weighted by Crippen LogP contribution is 2.09. The third kappa shape index (κ3) is 2.95. The van der Waals surface area contributed by atoms with Crippen LogP contribution in [0.3, 0.4) is 0 Å². The Labute approximate surface area is 104 Å². The molecule has 7 nitrogen and oxygen atoms in total. The quantitative estimate of drug-likeness (QED) is 0.726. The van der Waals surface area contributed by atoms with Crippen LogP contribution >= 0.6 is 0 Å². The van der Waals surface area contributed by atoms with E-state index in [1.807, 2.05) is 0 Å². The zero-order valence-corrected chi connectivity index (χ0v) is 9.70. The van der Waals surface area contributed by atoms with Crippen LogP contribution in [0.4, 0.5) is 4.79 Å². The summed E-state index contributed by atoms with van der Waals surface area (Å²) in [7, 11) is 0. The summed E-state index contributed by atoms with van der Waals surface area (Å²) in [6.07, 6.45) is 2.53. The van der Waals surface area contributed by atoms with Crippen molar-refractivity contribution in [1.82, 2.24) is 15.2 Å². The molecule has 0 bridgehead atoms. The van der Waals surface area contributed by atoms with Crippen LogP contribution in [0.2, 0.25) is 0 Å². The number of primary amides is 1. The predicted molar refractivity (Wildman–Crippen MR) is 62.8 cm³/mol. The molecule has 2 heterocycles. The highest BCUT2D eigenvalue weighted by Gasteiger charge is 2.27. The summed E-state index contributed by atoms with van der Waals surface area (Å²) in [5.74, 6) is -0.106. The second-order valence-electron chi connectivity index (χ2n) is 3.91. The number of nitrogens with one attached hydrogen (secondary N) is 1. The second kappa shape index (κ2) is 5.46. The van der Waals surface area contributed by atoms with Gasteiger partial charge in [0.1, 0.15) is 6.04 Å². The highest BCUT2D eigenvalue weighted by molar-refractivity contribution is 5.81. The fraction of sp³-hybridized carbons (Fsp3) is 0.364. The van der Waals surface area contributed by atoms with E-state index in [9.17, 15) is 9.59 Å². The molecular formula is C11H14N4O3. The summed E-state index contributed by atoms with van der Waals surface area (Å²) in [5.41, 5.74) is 5.19. The smallest absolute Gasteiger partial charge is 0.409 e. The zero-order valence-electron chi connectivity index (χ0n) is 9.70. The molecule has 1 aliphatic rings. The normalized spacial score (nSPS) is 19.3. The van der Waals surface area contributed by atoms with E-state index in [-0.39, 0.29) is 6.54 Å². The number of rotatable bonds is 2. The summed E-state index contributed by atoms with van der Waals surface area (Å²) < 4.78 is 5.13. The summed E-state index contributed by atoms with van der Waals surface area (Å²) in [5, 5.41) is 2.93. The number of aromatic nitrogens is 1. The minimum atomic E-state index is -0.528. The first-order valence-electron chi connectivity index (χ1n) is 5.56. The molecule has 1 unspecified atom stereocenters. The third-order valence-electron chi connectivity index (χ3n) is 2.62. The lowest BCUT2D eigenvalue weighted by atomic mass is 10.2. The summed E-state index contributed by atoms with van der Waals surface area (Å²) in [6, 6.07) is 2.78. The fourth-order valence-electron chi connectivity index (χ4n) is 1.68. The van der Waals surface area contributed by atoms with Gasteiger partial charge < -0.3 is 20.7 Å². The third-order valence-corrected chi connectivity index (χ3v) is 2.62. The van der Waals surface area contributed by atoms with E-state index in [0.717, 1.165) is 0 Å². The van der Waals surface area contributed by atoms with Crippen LogP contribution in [-0.4, -0.2) is 47.6 Å². The molecule has 0 spiro atoms. The molecule has 7 heteroatoms. The first-order valence-corrected chi connectivity index (χ1v) is 5.56. The molecule has 0 saturated carbocycles. The lowest BCUT2D eigenvalue weighted by molar-refractivity contribution is -0.120. The van der Waals surface area contributed by atoms with Gasteiger partial charge in [-0.25, -0.2) is 4.79 Å². The Morgan fingerprint density at radius 2 is 2.39 bits per heavy atom. The maximum Gasteiger partial charge on any atom is 0.415 e. The Morgan fingerprint density at radius 3 is 3.06 bits per heavy atom. The van der Waals surface area contributed by atoms with E-state index < -0.39 is 18.0 Å². The van der Waals surface area contributed by atoms with E-state index in [1.54, 1.807) is 18.3 Å². The summed E-state index contributed by atoms with van der Waals surface area (Å²) in [4.78, 5) is 28.2. The number of nitrogens with two attached hydrogens (primary N) is 1. The number of carbonyl (C=O) groups is 2. The van der Waals surface area contributed by atoms with Crippen LogP contribution in [-0.2, 0) is 4.79 Å². The molecule has 1 aromatic heterocycles. The standard InChI is InChI=1S/C11H14N4O3/c12-10(16)9-7-15(5-4-14-9)11(17)18-8-2-1-3-13-6-8/h1-3,6,9,14H,4-5,7H2,(H2,12,16). The van der Waals surface area contributed by atoms with Crippen LogP contribution < -0.4 is 15.8 Å². The number of piperazine rings is 1. The van der Waals surface area contributed by atoms with Gasteiger partial charge in [0, 0.05) is 25.8 Å². The van der Waals surface area contributed by atoms with Crippen LogP contribution in [0.1, 0.15) is 0 Å². The van der Waals surface area contributed by atoms with E-state index in [2.05, 4.69) is 10.3 Å². The van der Waals surface area contributed by atoms with Gasteiger partial charge in [-0.05, 0) is 12.1 Å². The molecule has 96 valence electrons. The number of carbonyl (C=O) groups excluding carboxylic acids is 2. The molecule has 1 aromatic rings. The topological polar surface area (TPSA) is 97.6 Å². The van der Waals surface area contributed by atoms with Crippen molar-refractivity contribution in [1.29, 1.82) is 0 Å². The number of amides is 2. The predicted octanol–water partition coefficient (Wildman–Crippen LogP) is -0.661. The van der Waals surface area contributed by atoms with Gasteiger partial charge in [0.15, 0.2) is 5.75 Å². The second-order valence-corrected chi connectivity index (χ2v) is 3.91. The maximum atomic E-state index is 11.8. The van der Waals surface area contributed by atoms with E-state index in [0.29, 0.717) is 18.8 Å². The number of hydrogen-bond donors (Lipinski definition) is 2. The minimum absolute atomic E-state index is 0.217. The van der Waals surface area contributed by atoms with Crippen LogP contribution in [0.25, 0.3) is 0 Å². The average molecular weight is 250 g/mol. The molecule has 0 aliphatic carbocycles. The zero-order chi connectivity index (χ0) is 13.0. The van der Waals surface area contributed by atoms with E-state index >= 15 is 0 Å². The van der Waals surface area contributed by atoms with Gasteiger partial charge in [-0.1, -0.05) is 0 Å². The summed E-state index contributed by atoms with van der Waals surface area (Å²) in [6.45, 7) is 1.20. The Morgan fingerprint density at radius 1 is 1.56 bits per heavy atom. The van der Waals surface area contributed by atoms with Gasteiger partial charge in [-0.3, -0.25) is 9.78 Å². The molecule has 3 N–H and O–H groups in total. The SMILES string of the molecule is NC(=O)C1CN(C(=O)Oc2cccnc2)CCN1. The molecule has 1 atom stereocenters. The van der Waals surface area contributed by atoms with Gasteiger partial charge >= 0.3 is 6.09 Å². The van der Waals surface area contributed by atoms with E-state index in [4.69, 9.17) is 10.5 Å². The Hall–Kier alpha value is -2.15. The van der Waals surface area contributed by atoms with E-state index in [1.165, 1.54) is 11.1 Å². The molecule has 0 radical (unpaired) electrons. The first kappa shape index (κ1) is 12.3. The minimum Gasteiger partial charge on any atom is -0.409 e. The molecule has 1 aliphatic heterocycles. The van der Waals surface area contributed by atoms with Gasteiger partial charge in [-0.15, -0.1) is 0 Å². The molecule has 18 heavy (non-hydrogen) atoms. The number of hydrogen-bond acceptors (Lipinski definition) is 5. The summed E-state index contributed by atoms with van der Waals surface area (Å²) >= 11 is 0. The highest BCUT2D eigenvalue weighted by atomic mass is 16.6. The molecule has 1 saturated heterocycles. The first-order chi connectivity index (χ1) is 8.66. The van der Waals surface area contributed by atoms with Crippen molar-refractivity contribution >= 4 is 12.0 Å².